The smallest absolute Gasteiger partial charge is 0.0335 e. The van der Waals surface area contributed by atoms with E-state index in [-0.39, 0.29) is 0 Å². The number of rotatable bonds is 3. The number of nitrogens with two attached hydrogens (primary N) is 1. The van der Waals surface area contributed by atoms with E-state index in [1.165, 1.54) is 51.9 Å². The summed E-state index contributed by atoms with van der Waals surface area (Å²) in [6, 6.07) is 0.686. The van der Waals surface area contributed by atoms with Gasteiger partial charge >= 0.3 is 0 Å². The molecule has 2 rings (SSSR count). The third-order valence-corrected chi connectivity index (χ3v) is 5.16. The van der Waals surface area contributed by atoms with Crippen LogP contribution in [0.5, 0.6) is 0 Å². The molecule has 0 aromatic carbocycles. The SMILES string of the molecule is CC1CCCC(CN)(N2CCN(C(C)C)CC2)C1. The highest BCUT2D eigenvalue weighted by Crippen LogP contribution is 2.36. The average molecular weight is 253 g/mol. The van der Waals surface area contributed by atoms with Crippen LogP contribution < -0.4 is 5.73 Å². The first-order valence-corrected chi connectivity index (χ1v) is 7.76. The number of piperazine rings is 1. The normalized spacial score (nSPS) is 36.2. The molecule has 1 aliphatic carbocycles. The van der Waals surface area contributed by atoms with Gasteiger partial charge in [-0.15, -0.1) is 0 Å². The van der Waals surface area contributed by atoms with E-state index in [2.05, 4.69) is 30.6 Å². The van der Waals surface area contributed by atoms with Crippen molar-refractivity contribution in [1.29, 1.82) is 0 Å². The van der Waals surface area contributed by atoms with E-state index in [0.29, 0.717) is 11.6 Å². The second-order valence-electron chi connectivity index (χ2n) is 6.75. The lowest BCUT2D eigenvalue weighted by atomic mass is 9.75. The molecule has 3 nitrogen and oxygen atoms in total. The molecule has 1 saturated carbocycles. The van der Waals surface area contributed by atoms with Gasteiger partial charge in [-0.2, -0.15) is 0 Å². The van der Waals surface area contributed by atoms with Crippen molar-refractivity contribution in [2.45, 2.75) is 58.0 Å². The monoisotopic (exact) mass is 253 g/mol. The van der Waals surface area contributed by atoms with Gasteiger partial charge in [0.05, 0.1) is 0 Å². The summed E-state index contributed by atoms with van der Waals surface area (Å²) in [4.78, 5) is 5.30. The summed E-state index contributed by atoms with van der Waals surface area (Å²) in [5.74, 6) is 0.852. The van der Waals surface area contributed by atoms with Gasteiger partial charge < -0.3 is 5.73 Å². The van der Waals surface area contributed by atoms with E-state index in [1.807, 2.05) is 0 Å². The van der Waals surface area contributed by atoms with Crippen LogP contribution in [0.2, 0.25) is 0 Å². The van der Waals surface area contributed by atoms with E-state index < -0.39 is 0 Å². The molecular formula is C15H31N3. The van der Waals surface area contributed by atoms with Crippen molar-refractivity contribution in [2.75, 3.05) is 32.7 Å². The zero-order chi connectivity index (χ0) is 13.2. The highest BCUT2D eigenvalue weighted by atomic mass is 15.3. The molecule has 0 bridgehead atoms. The Labute approximate surface area is 113 Å². The standard InChI is InChI=1S/C15H31N3/c1-13(2)17-7-9-18(10-8-17)15(12-16)6-4-5-14(3)11-15/h13-14H,4-12,16H2,1-3H3. The van der Waals surface area contributed by atoms with Gasteiger partial charge in [-0.3, -0.25) is 9.80 Å². The maximum Gasteiger partial charge on any atom is 0.0335 e. The van der Waals surface area contributed by atoms with Crippen LogP contribution in [0.3, 0.4) is 0 Å². The van der Waals surface area contributed by atoms with Crippen LogP contribution in [0, 0.1) is 5.92 Å². The average Bonchev–Trinajstić information content (AvgIpc) is 2.38. The third kappa shape index (κ3) is 2.89. The van der Waals surface area contributed by atoms with Gasteiger partial charge in [0.25, 0.3) is 0 Å². The van der Waals surface area contributed by atoms with Gasteiger partial charge in [0.15, 0.2) is 0 Å². The minimum Gasteiger partial charge on any atom is -0.329 e. The fourth-order valence-corrected chi connectivity index (χ4v) is 3.95. The third-order valence-electron chi connectivity index (χ3n) is 5.16. The zero-order valence-corrected chi connectivity index (χ0v) is 12.5. The quantitative estimate of drug-likeness (QED) is 0.834. The second-order valence-corrected chi connectivity index (χ2v) is 6.75. The maximum absolute atomic E-state index is 6.17. The molecule has 2 aliphatic rings. The lowest BCUT2D eigenvalue weighted by Gasteiger charge is -2.51. The van der Waals surface area contributed by atoms with Crippen molar-refractivity contribution < 1.29 is 0 Å². The van der Waals surface area contributed by atoms with Gasteiger partial charge in [-0.1, -0.05) is 19.8 Å². The van der Waals surface area contributed by atoms with Gasteiger partial charge in [-0.05, 0) is 32.6 Å². The van der Waals surface area contributed by atoms with Crippen LogP contribution in [0.4, 0.5) is 0 Å². The lowest BCUT2D eigenvalue weighted by Crippen LogP contribution is -2.62. The van der Waals surface area contributed by atoms with E-state index in [4.69, 9.17) is 5.73 Å². The van der Waals surface area contributed by atoms with Gasteiger partial charge in [0, 0.05) is 44.3 Å². The number of nitrogens with zero attached hydrogens (tertiary/aromatic N) is 2. The molecule has 18 heavy (non-hydrogen) atoms. The molecule has 1 aliphatic heterocycles. The molecule has 106 valence electrons. The highest BCUT2D eigenvalue weighted by Gasteiger charge is 2.40. The van der Waals surface area contributed by atoms with E-state index in [9.17, 15) is 0 Å². The molecule has 0 spiro atoms. The van der Waals surface area contributed by atoms with Gasteiger partial charge in [0.2, 0.25) is 0 Å². The summed E-state index contributed by atoms with van der Waals surface area (Å²) in [6.07, 6.45) is 5.39. The van der Waals surface area contributed by atoms with Crippen molar-refractivity contribution in [3.63, 3.8) is 0 Å². The molecule has 2 unspecified atom stereocenters. The van der Waals surface area contributed by atoms with Crippen molar-refractivity contribution >= 4 is 0 Å². The molecule has 0 amide bonds. The van der Waals surface area contributed by atoms with Crippen LogP contribution in [-0.2, 0) is 0 Å². The fraction of sp³-hybridized carbons (Fsp3) is 1.00. The van der Waals surface area contributed by atoms with Gasteiger partial charge in [-0.25, -0.2) is 0 Å². The van der Waals surface area contributed by atoms with E-state index in [1.54, 1.807) is 0 Å². The molecule has 2 fully saturated rings. The Bertz CT molecular complexity index is 258. The Morgan fingerprint density at radius 1 is 1.22 bits per heavy atom. The summed E-state index contributed by atoms with van der Waals surface area (Å²) < 4.78 is 0. The van der Waals surface area contributed by atoms with E-state index >= 15 is 0 Å². The number of hydrogen-bond donors (Lipinski definition) is 1. The van der Waals surface area contributed by atoms with Crippen LogP contribution in [0.15, 0.2) is 0 Å². The van der Waals surface area contributed by atoms with Crippen molar-refractivity contribution in [3.8, 4) is 0 Å². The fourth-order valence-electron chi connectivity index (χ4n) is 3.95. The minimum absolute atomic E-state index is 0.320. The second kappa shape index (κ2) is 5.89. The Morgan fingerprint density at radius 3 is 2.39 bits per heavy atom. The molecule has 1 heterocycles. The first kappa shape index (κ1) is 14.3. The molecule has 0 aromatic heterocycles. The van der Waals surface area contributed by atoms with E-state index in [0.717, 1.165) is 12.5 Å². The maximum atomic E-state index is 6.17. The van der Waals surface area contributed by atoms with Crippen molar-refractivity contribution in [1.82, 2.24) is 9.80 Å². The summed E-state index contributed by atoms with van der Waals surface area (Å²) in [7, 11) is 0. The molecule has 0 aromatic rings. The summed E-state index contributed by atoms with van der Waals surface area (Å²) in [5, 5.41) is 0. The largest absolute Gasteiger partial charge is 0.329 e. The zero-order valence-electron chi connectivity index (χ0n) is 12.5. The molecule has 1 saturated heterocycles. The Kier molecular flexibility index (Phi) is 4.68. The Morgan fingerprint density at radius 2 is 1.89 bits per heavy atom. The van der Waals surface area contributed by atoms with Crippen LogP contribution in [0.1, 0.15) is 46.5 Å². The molecule has 2 atom stereocenters. The van der Waals surface area contributed by atoms with Crippen molar-refractivity contribution in [2.24, 2.45) is 11.7 Å². The van der Waals surface area contributed by atoms with Crippen molar-refractivity contribution in [3.05, 3.63) is 0 Å². The predicted molar refractivity (Wildman–Crippen MR) is 77.7 cm³/mol. The summed E-state index contributed by atoms with van der Waals surface area (Å²) in [5.41, 5.74) is 6.49. The highest BCUT2D eigenvalue weighted by molar-refractivity contribution is 4.97. The molecule has 2 N–H and O–H groups in total. The van der Waals surface area contributed by atoms with Crippen LogP contribution >= 0.6 is 0 Å². The first-order valence-electron chi connectivity index (χ1n) is 7.76. The van der Waals surface area contributed by atoms with Gasteiger partial charge in [0.1, 0.15) is 0 Å². The lowest BCUT2D eigenvalue weighted by molar-refractivity contribution is -0.00554. The topological polar surface area (TPSA) is 32.5 Å². The molecule has 0 radical (unpaired) electrons. The summed E-state index contributed by atoms with van der Waals surface area (Å²) in [6.45, 7) is 12.7. The predicted octanol–water partition coefficient (Wildman–Crippen LogP) is 1.92. The molecular weight excluding hydrogens is 222 g/mol. The minimum atomic E-state index is 0.320. The number of hydrogen-bond acceptors (Lipinski definition) is 3. The Balaban J connectivity index is 1.97. The summed E-state index contributed by atoms with van der Waals surface area (Å²) >= 11 is 0. The van der Waals surface area contributed by atoms with Crippen LogP contribution in [-0.4, -0.2) is 54.1 Å². The molecule has 3 heteroatoms. The Hall–Kier alpha value is -0.120. The first-order chi connectivity index (χ1) is 8.57. The van der Waals surface area contributed by atoms with Crippen LogP contribution in [0.25, 0.3) is 0 Å².